The monoisotopic (exact) mass is 278 g/mol. The zero-order chi connectivity index (χ0) is 14.7. The second-order valence-electron chi connectivity index (χ2n) is 5.21. The highest BCUT2D eigenvalue weighted by Crippen LogP contribution is 2.21. The summed E-state index contributed by atoms with van der Waals surface area (Å²) in [6, 6.07) is 20.1. The highest BCUT2D eigenvalue weighted by Gasteiger charge is 2.00. The summed E-state index contributed by atoms with van der Waals surface area (Å²) in [5.41, 5.74) is 1.98. The quantitative estimate of drug-likeness (QED) is 0.746. The third kappa shape index (κ3) is 3.31. The van der Waals surface area contributed by atoms with E-state index in [0.29, 0.717) is 0 Å². The molecule has 0 aliphatic rings. The van der Waals surface area contributed by atoms with Crippen molar-refractivity contribution in [2.75, 3.05) is 5.32 Å². The van der Waals surface area contributed by atoms with Gasteiger partial charge < -0.3 is 10.1 Å². The van der Waals surface area contributed by atoms with Crippen LogP contribution < -0.4 is 10.1 Å². The zero-order valence-electron chi connectivity index (χ0n) is 12.2. The Hall–Kier alpha value is -2.55. The predicted molar refractivity (Wildman–Crippen MR) is 87.2 cm³/mol. The van der Waals surface area contributed by atoms with Gasteiger partial charge in [-0.1, -0.05) is 18.2 Å². The SMILES string of the molecule is CC(C)Oc1ccc(Nc2ccc3ccccc3n2)cc1. The first-order valence-corrected chi connectivity index (χ1v) is 7.10. The Balaban J connectivity index is 1.78. The summed E-state index contributed by atoms with van der Waals surface area (Å²) in [6.45, 7) is 4.04. The maximum absolute atomic E-state index is 5.63. The number of anilines is 2. The van der Waals surface area contributed by atoms with Gasteiger partial charge in [0.15, 0.2) is 0 Å². The minimum Gasteiger partial charge on any atom is -0.491 e. The first-order chi connectivity index (χ1) is 10.2. The molecule has 0 saturated heterocycles. The Morgan fingerprint density at radius 1 is 0.905 bits per heavy atom. The molecule has 0 radical (unpaired) electrons. The van der Waals surface area contributed by atoms with Crippen LogP contribution >= 0.6 is 0 Å². The van der Waals surface area contributed by atoms with Crippen molar-refractivity contribution in [3.05, 3.63) is 60.7 Å². The normalized spacial score (nSPS) is 10.8. The number of pyridine rings is 1. The maximum Gasteiger partial charge on any atom is 0.131 e. The number of rotatable bonds is 4. The first-order valence-electron chi connectivity index (χ1n) is 7.10. The minimum atomic E-state index is 0.186. The predicted octanol–water partition coefficient (Wildman–Crippen LogP) is 4.77. The summed E-state index contributed by atoms with van der Waals surface area (Å²) in [6.07, 6.45) is 0.186. The first kappa shape index (κ1) is 13.4. The number of nitrogens with zero attached hydrogens (tertiary/aromatic N) is 1. The van der Waals surface area contributed by atoms with E-state index in [-0.39, 0.29) is 6.10 Å². The minimum absolute atomic E-state index is 0.186. The Bertz CT molecular complexity index is 736. The van der Waals surface area contributed by atoms with Crippen LogP contribution in [0.5, 0.6) is 5.75 Å². The molecule has 1 heterocycles. The van der Waals surface area contributed by atoms with Crippen molar-refractivity contribution in [1.29, 1.82) is 0 Å². The molecule has 3 rings (SSSR count). The van der Waals surface area contributed by atoms with E-state index in [9.17, 15) is 0 Å². The second-order valence-corrected chi connectivity index (χ2v) is 5.21. The van der Waals surface area contributed by atoms with E-state index in [1.54, 1.807) is 0 Å². The molecule has 0 saturated carbocycles. The number of benzene rings is 2. The van der Waals surface area contributed by atoms with E-state index in [4.69, 9.17) is 4.74 Å². The molecule has 3 nitrogen and oxygen atoms in total. The Labute approximate surface area is 124 Å². The van der Waals surface area contributed by atoms with Crippen LogP contribution in [0.4, 0.5) is 11.5 Å². The number of fused-ring (bicyclic) bond motifs is 1. The maximum atomic E-state index is 5.63. The molecular weight excluding hydrogens is 260 g/mol. The van der Waals surface area contributed by atoms with Gasteiger partial charge in [-0.05, 0) is 56.3 Å². The number of hydrogen-bond donors (Lipinski definition) is 1. The van der Waals surface area contributed by atoms with E-state index >= 15 is 0 Å². The lowest BCUT2D eigenvalue weighted by Crippen LogP contribution is -2.05. The van der Waals surface area contributed by atoms with Crippen LogP contribution in [0, 0.1) is 0 Å². The van der Waals surface area contributed by atoms with Gasteiger partial charge in [0, 0.05) is 11.1 Å². The summed E-state index contributed by atoms with van der Waals surface area (Å²) in [7, 11) is 0. The third-order valence-electron chi connectivity index (χ3n) is 3.10. The second kappa shape index (κ2) is 5.83. The molecule has 0 unspecified atom stereocenters. The number of nitrogens with one attached hydrogen (secondary N) is 1. The number of hydrogen-bond acceptors (Lipinski definition) is 3. The van der Waals surface area contributed by atoms with Gasteiger partial charge in [-0.3, -0.25) is 0 Å². The molecule has 0 spiro atoms. The summed E-state index contributed by atoms with van der Waals surface area (Å²) in [4.78, 5) is 4.60. The van der Waals surface area contributed by atoms with Crippen molar-refractivity contribution in [3.8, 4) is 5.75 Å². The highest BCUT2D eigenvalue weighted by atomic mass is 16.5. The number of ether oxygens (including phenoxy) is 1. The molecule has 21 heavy (non-hydrogen) atoms. The van der Waals surface area contributed by atoms with Crippen LogP contribution in [-0.2, 0) is 0 Å². The van der Waals surface area contributed by atoms with Gasteiger partial charge in [-0.15, -0.1) is 0 Å². The number of aromatic nitrogens is 1. The average Bonchev–Trinajstić information content (AvgIpc) is 2.49. The molecule has 106 valence electrons. The van der Waals surface area contributed by atoms with Gasteiger partial charge in [-0.25, -0.2) is 4.98 Å². The number of para-hydroxylation sites is 1. The fourth-order valence-electron chi connectivity index (χ4n) is 2.17. The van der Waals surface area contributed by atoms with E-state index in [2.05, 4.69) is 22.4 Å². The van der Waals surface area contributed by atoms with Crippen LogP contribution in [0.1, 0.15) is 13.8 Å². The standard InChI is InChI=1S/C18H18N2O/c1-13(2)21-16-10-8-15(9-11-16)19-18-12-7-14-5-3-4-6-17(14)20-18/h3-13H,1-2H3,(H,19,20). The summed E-state index contributed by atoms with van der Waals surface area (Å²) >= 11 is 0. The van der Waals surface area contributed by atoms with Crippen molar-refractivity contribution in [3.63, 3.8) is 0 Å². The van der Waals surface area contributed by atoms with Crippen LogP contribution in [0.2, 0.25) is 0 Å². The van der Waals surface area contributed by atoms with Crippen LogP contribution in [0.25, 0.3) is 10.9 Å². The lowest BCUT2D eigenvalue weighted by atomic mass is 10.2. The summed E-state index contributed by atoms with van der Waals surface area (Å²) in [5.74, 6) is 1.72. The Morgan fingerprint density at radius 3 is 2.43 bits per heavy atom. The van der Waals surface area contributed by atoms with Crippen molar-refractivity contribution in [2.24, 2.45) is 0 Å². The summed E-state index contributed by atoms with van der Waals surface area (Å²) in [5, 5.41) is 4.45. The van der Waals surface area contributed by atoms with Crippen molar-refractivity contribution < 1.29 is 4.74 Å². The average molecular weight is 278 g/mol. The lowest BCUT2D eigenvalue weighted by Gasteiger charge is -2.11. The fourth-order valence-corrected chi connectivity index (χ4v) is 2.17. The molecule has 0 aliphatic carbocycles. The van der Waals surface area contributed by atoms with Crippen molar-refractivity contribution >= 4 is 22.4 Å². The molecule has 1 N–H and O–H groups in total. The van der Waals surface area contributed by atoms with Crippen LogP contribution in [-0.4, -0.2) is 11.1 Å². The molecule has 0 fully saturated rings. The molecule has 0 amide bonds. The van der Waals surface area contributed by atoms with E-state index in [1.165, 1.54) is 0 Å². The van der Waals surface area contributed by atoms with Crippen LogP contribution in [0.15, 0.2) is 60.7 Å². The molecule has 2 aromatic carbocycles. The molecule has 0 bridgehead atoms. The van der Waals surface area contributed by atoms with Crippen molar-refractivity contribution in [2.45, 2.75) is 20.0 Å². The van der Waals surface area contributed by atoms with E-state index in [1.807, 2.05) is 62.4 Å². The fraction of sp³-hybridized carbons (Fsp3) is 0.167. The van der Waals surface area contributed by atoms with Gasteiger partial charge >= 0.3 is 0 Å². The van der Waals surface area contributed by atoms with Gasteiger partial charge in [0.1, 0.15) is 11.6 Å². The smallest absolute Gasteiger partial charge is 0.131 e. The molecule has 0 aliphatic heterocycles. The molecule has 3 aromatic rings. The summed E-state index contributed by atoms with van der Waals surface area (Å²) < 4.78 is 5.63. The van der Waals surface area contributed by atoms with Gasteiger partial charge in [0.25, 0.3) is 0 Å². The van der Waals surface area contributed by atoms with E-state index < -0.39 is 0 Å². The van der Waals surface area contributed by atoms with Crippen LogP contribution in [0.3, 0.4) is 0 Å². The van der Waals surface area contributed by atoms with Crippen molar-refractivity contribution in [1.82, 2.24) is 4.98 Å². The largest absolute Gasteiger partial charge is 0.491 e. The molecule has 0 atom stereocenters. The molecular formula is C18H18N2O. The highest BCUT2D eigenvalue weighted by molar-refractivity contribution is 5.80. The van der Waals surface area contributed by atoms with Gasteiger partial charge in [0.05, 0.1) is 11.6 Å². The lowest BCUT2D eigenvalue weighted by molar-refractivity contribution is 0.242. The third-order valence-corrected chi connectivity index (χ3v) is 3.10. The van der Waals surface area contributed by atoms with E-state index in [0.717, 1.165) is 28.2 Å². The molecule has 1 aromatic heterocycles. The Morgan fingerprint density at radius 2 is 1.67 bits per heavy atom. The topological polar surface area (TPSA) is 34.1 Å². The zero-order valence-corrected chi connectivity index (χ0v) is 12.2. The Kier molecular flexibility index (Phi) is 3.73. The van der Waals surface area contributed by atoms with Gasteiger partial charge in [-0.2, -0.15) is 0 Å². The molecule has 3 heteroatoms. The van der Waals surface area contributed by atoms with Gasteiger partial charge in [0.2, 0.25) is 0 Å².